The number of hydrazine groups is 1. The maximum absolute atomic E-state index is 6.02. The number of methoxy groups -OCH3 is 1. The van der Waals surface area contributed by atoms with Crippen LogP contribution in [0.2, 0.25) is 5.02 Å². The van der Waals surface area contributed by atoms with E-state index in [2.05, 4.69) is 21.4 Å². The molecule has 2 aromatic rings. The highest BCUT2D eigenvalue weighted by Crippen LogP contribution is 2.30. The topological polar surface area (TPSA) is 60.4 Å². The summed E-state index contributed by atoms with van der Waals surface area (Å²) in [7, 11) is 1.63. The van der Waals surface area contributed by atoms with Crippen molar-refractivity contribution in [3.63, 3.8) is 0 Å². The molecule has 4 nitrogen and oxygen atoms in total. The Hall–Kier alpha value is -1.01. The van der Waals surface area contributed by atoms with Gasteiger partial charge >= 0.3 is 0 Å². The zero-order valence-electron chi connectivity index (χ0n) is 10.3. The second-order valence-corrected chi connectivity index (χ2v) is 5.19. The van der Waals surface area contributed by atoms with Crippen LogP contribution in [0.25, 0.3) is 0 Å². The molecule has 0 spiro atoms. The maximum atomic E-state index is 6.02. The van der Waals surface area contributed by atoms with Gasteiger partial charge in [-0.05, 0) is 52.2 Å². The predicted octanol–water partition coefficient (Wildman–Crippen LogP) is 3.45. The van der Waals surface area contributed by atoms with Gasteiger partial charge in [0.25, 0.3) is 0 Å². The molecule has 1 unspecified atom stereocenters. The first-order valence-electron chi connectivity index (χ1n) is 5.67. The SMILES string of the molecule is COc1ccc(Cl)cc1CC(NN)c1ccoc1Br. The highest BCUT2D eigenvalue weighted by atomic mass is 79.9. The number of nitrogens with two attached hydrogens (primary N) is 1. The molecule has 1 heterocycles. The van der Waals surface area contributed by atoms with Crippen molar-refractivity contribution in [3.05, 3.63) is 51.3 Å². The van der Waals surface area contributed by atoms with Crippen molar-refractivity contribution < 1.29 is 9.15 Å². The predicted molar refractivity (Wildman–Crippen MR) is 78.2 cm³/mol. The summed E-state index contributed by atoms with van der Waals surface area (Å²) in [6.07, 6.45) is 2.25. The van der Waals surface area contributed by atoms with Crippen LogP contribution in [-0.2, 0) is 6.42 Å². The fourth-order valence-electron chi connectivity index (χ4n) is 1.94. The molecule has 19 heavy (non-hydrogen) atoms. The van der Waals surface area contributed by atoms with Gasteiger partial charge in [-0.2, -0.15) is 0 Å². The Morgan fingerprint density at radius 3 is 2.84 bits per heavy atom. The Kier molecular flexibility index (Phi) is 4.87. The number of benzene rings is 1. The van der Waals surface area contributed by atoms with Crippen LogP contribution in [0.3, 0.4) is 0 Å². The van der Waals surface area contributed by atoms with Gasteiger partial charge in [0.05, 0.1) is 19.4 Å². The van der Waals surface area contributed by atoms with Crippen LogP contribution in [0.4, 0.5) is 0 Å². The van der Waals surface area contributed by atoms with Crippen molar-refractivity contribution in [1.29, 1.82) is 0 Å². The number of nitrogens with one attached hydrogen (secondary N) is 1. The van der Waals surface area contributed by atoms with E-state index >= 15 is 0 Å². The number of furan rings is 1. The molecule has 2 rings (SSSR count). The van der Waals surface area contributed by atoms with Gasteiger partial charge in [0.15, 0.2) is 4.67 Å². The van der Waals surface area contributed by atoms with Crippen LogP contribution >= 0.6 is 27.5 Å². The second-order valence-electron chi connectivity index (χ2n) is 4.03. The summed E-state index contributed by atoms with van der Waals surface area (Å²) in [5, 5.41) is 0.665. The molecule has 6 heteroatoms. The molecule has 102 valence electrons. The van der Waals surface area contributed by atoms with E-state index in [1.54, 1.807) is 19.4 Å². The Morgan fingerprint density at radius 2 is 2.26 bits per heavy atom. The Bertz CT molecular complexity index is 559. The lowest BCUT2D eigenvalue weighted by atomic mass is 10.0. The molecule has 0 aliphatic carbocycles. The largest absolute Gasteiger partial charge is 0.496 e. The van der Waals surface area contributed by atoms with Crippen LogP contribution in [-0.4, -0.2) is 7.11 Å². The van der Waals surface area contributed by atoms with E-state index in [-0.39, 0.29) is 6.04 Å². The molecule has 0 bridgehead atoms. The van der Waals surface area contributed by atoms with Crippen LogP contribution < -0.4 is 16.0 Å². The minimum Gasteiger partial charge on any atom is -0.496 e. The molecule has 0 fully saturated rings. The van der Waals surface area contributed by atoms with Crippen molar-refractivity contribution in [2.24, 2.45) is 5.84 Å². The number of hydrogen-bond acceptors (Lipinski definition) is 4. The third kappa shape index (κ3) is 3.30. The summed E-state index contributed by atoms with van der Waals surface area (Å²) < 4.78 is 11.2. The van der Waals surface area contributed by atoms with Gasteiger partial charge in [-0.15, -0.1) is 0 Å². The van der Waals surface area contributed by atoms with Crippen molar-refractivity contribution in [2.45, 2.75) is 12.5 Å². The standard InChI is InChI=1S/C13H14BrClN2O2/c1-18-12-3-2-9(15)6-8(12)7-11(17-16)10-4-5-19-13(10)14/h2-6,11,17H,7,16H2,1H3. The highest BCUT2D eigenvalue weighted by molar-refractivity contribution is 9.10. The Balaban J connectivity index is 2.28. The second kappa shape index (κ2) is 6.43. The van der Waals surface area contributed by atoms with E-state index < -0.39 is 0 Å². The zero-order chi connectivity index (χ0) is 13.8. The molecule has 1 aromatic heterocycles. The first-order valence-corrected chi connectivity index (χ1v) is 6.84. The monoisotopic (exact) mass is 344 g/mol. The van der Waals surface area contributed by atoms with E-state index in [1.165, 1.54) is 0 Å². The first kappa shape index (κ1) is 14.4. The van der Waals surface area contributed by atoms with Crippen LogP contribution in [0.15, 0.2) is 39.6 Å². The minimum absolute atomic E-state index is 0.0968. The summed E-state index contributed by atoms with van der Waals surface area (Å²) in [6, 6.07) is 7.28. The fraction of sp³-hybridized carbons (Fsp3) is 0.231. The van der Waals surface area contributed by atoms with Gasteiger partial charge in [-0.25, -0.2) is 0 Å². The van der Waals surface area contributed by atoms with Crippen LogP contribution in [0, 0.1) is 0 Å². The molecule has 1 aromatic carbocycles. The molecule has 0 radical (unpaired) electrons. The number of ether oxygens (including phenoxy) is 1. The molecule has 0 amide bonds. The van der Waals surface area contributed by atoms with E-state index in [4.69, 9.17) is 26.6 Å². The summed E-state index contributed by atoms with van der Waals surface area (Å²) in [5.74, 6) is 6.41. The Labute approximate surface area is 125 Å². The average molecular weight is 346 g/mol. The van der Waals surface area contributed by atoms with Crippen molar-refractivity contribution in [3.8, 4) is 5.75 Å². The average Bonchev–Trinajstić information content (AvgIpc) is 2.82. The van der Waals surface area contributed by atoms with E-state index in [0.717, 1.165) is 16.9 Å². The van der Waals surface area contributed by atoms with E-state index in [0.29, 0.717) is 16.1 Å². The van der Waals surface area contributed by atoms with Crippen LogP contribution in [0.1, 0.15) is 17.2 Å². The molecule has 0 saturated carbocycles. The van der Waals surface area contributed by atoms with Gasteiger partial charge in [0.2, 0.25) is 0 Å². The fourth-order valence-corrected chi connectivity index (χ4v) is 2.65. The molecule has 3 N–H and O–H groups in total. The van der Waals surface area contributed by atoms with Crippen molar-refractivity contribution in [1.82, 2.24) is 5.43 Å². The van der Waals surface area contributed by atoms with Gasteiger partial charge < -0.3 is 9.15 Å². The first-order chi connectivity index (χ1) is 9.15. The summed E-state index contributed by atoms with van der Waals surface area (Å²) in [6.45, 7) is 0. The lowest BCUT2D eigenvalue weighted by Crippen LogP contribution is -2.29. The van der Waals surface area contributed by atoms with Crippen molar-refractivity contribution >= 4 is 27.5 Å². The smallest absolute Gasteiger partial charge is 0.173 e. The number of hydrogen-bond donors (Lipinski definition) is 2. The molecule has 0 saturated heterocycles. The van der Waals surface area contributed by atoms with E-state index in [1.807, 2.05) is 18.2 Å². The lowest BCUT2D eigenvalue weighted by molar-refractivity contribution is 0.405. The van der Waals surface area contributed by atoms with Gasteiger partial charge in [-0.3, -0.25) is 11.3 Å². The highest BCUT2D eigenvalue weighted by Gasteiger charge is 2.18. The number of rotatable bonds is 5. The molecule has 0 aliphatic rings. The molecule has 1 atom stereocenters. The van der Waals surface area contributed by atoms with Gasteiger partial charge in [-0.1, -0.05) is 11.6 Å². The van der Waals surface area contributed by atoms with Gasteiger partial charge in [0.1, 0.15) is 5.75 Å². The normalized spacial score (nSPS) is 12.4. The molecular weight excluding hydrogens is 332 g/mol. The summed E-state index contributed by atoms with van der Waals surface area (Å²) >= 11 is 9.37. The quantitative estimate of drug-likeness (QED) is 0.643. The zero-order valence-corrected chi connectivity index (χ0v) is 12.7. The third-order valence-corrected chi connectivity index (χ3v) is 3.77. The third-order valence-electron chi connectivity index (χ3n) is 2.89. The van der Waals surface area contributed by atoms with E-state index in [9.17, 15) is 0 Å². The molecular formula is C13H14BrClN2O2. The van der Waals surface area contributed by atoms with Crippen LogP contribution in [0.5, 0.6) is 5.75 Å². The lowest BCUT2D eigenvalue weighted by Gasteiger charge is -2.17. The minimum atomic E-state index is -0.0968. The summed E-state index contributed by atoms with van der Waals surface area (Å²) in [4.78, 5) is 0. The Morgan fingerprint density at radius 1 is 1.47 bits per heavy atom. The summed E-state index contributed by atoms with van der Waals surface area (Å²) in [5.41, 5.74) is 4.70. The maximum Gasteiger partial charge on any atom is 0.173 e. The van der Waals surface area contributed by atoms with Crippen molar-refractivity contribution in [2.75, 3.05) is 7.11 Å². The van der Waals surface area contributed by atoms with Gasteiger partial charge in [0, 0.05) is 10.6 Å². The number of halogens is 2. The molecule has 0 aliphatic heterocycles.